The molecule has 0 saturated heterocycles. The van der Waals surface area contributed by atoms with Crippen LogP contribution in [0, 0.1) is 6.92 Å². The molecule has 2 heteroatoms. The van der Waals surface area contributed by atoms with Gasteiger partial charge in [-0.05, 0) is 0 Å². The summed E-state index contributed by atoms with van der Waals surface area (Å²) in [5.74, 6) is 0. The van der Waals surface area contributed by atoms with Crippen LogP contribution in [0.15, 0.2) is 78.9 Å². The van der Waals surface area contributed by atoms with Crippen molar-refractivity contribution in [2.45, 2.75) is 6.92 Å². The maximum atomic E-state index is 2.40. The molecule has 3 aromatic rings. The zero-order chi connectivity index (χ0) is 14.7. The van der Waals surface area contributed by atoms with Gasteiger partial charge in [-0.2, -0.15) is 0 Å². The third kappa shape index (κ3) is 3.28. The molecule has 0 heterocycles. The zero-order valence-electron chi connectivity index (χ0n) is 12.5. The number of hydrogen-bond donors (Lipinski definition) is 0. The molecule has 21 heavy (non-hydrogen) atoms. The van der Waals surface area contributed by atoms with Crippen molar-refractivity contribution in [3.63, 3.8) is 0 Å². The molecular formula is C19H19GeP. The first kappa shape index (κ1) is 14.6. The molecule has 0 aliphatic rings. The predicted molar refractivity (Wildman–Crippen MR) is 99.5 cm³/mol. The molecule has 0 saturated carbocycles. The van der Waals surface area contributed by atoms with Crippen LogP contribution in [0.1, 0.15) is 5.56 Å². The van der Waals surface area contributed by atoms with Crippen molar-refractivity contribution in [3.8, 4) is 0 Å². The van der Waals surface area contributed by atoms with Crippen LogP contribution in [-0.4, -0.2) is 16.5 Å². The summed E-state index contributed by atoms with van der Waals surface area (Å²) in [7, 11) is -0.436. The molecule has 0 fully saturated rings. The maximum absolute atomic E-state index is 2.40. The Morgan fingerprint density at radius 2 is 1.24 bits per heavy atom. The van der Waals surface area contributed by atoms with Gasteiger partial charge < -0.3 is 0 Å². The third-order valence-electron chi connectivity index (χ3n) is 3.63. The van der Waals surface area contributed by atoms with Crippen molar-refractivity contribution in [2.24, 2.45) is 0 Å². The molecule has 0 radical (unpaired) electrons. The first-order valence-corrected chi connectivity index (χ1v) is 10.7. The van der Waals surface area contributed by atoms with E-state index >= 15 is 0 Å². The minimum atomic E-state index is -0.436. The molecule has 0 unspecified atom stereocenters. The summed E-state index contributed by atoms with van der Waals surface area (Å²) in [5.41, 5.74) is 1.36. The Labute approximate surface area is 136 Å². The van der Waals surface area contributed by atoms with E-state index in [0.717, 1.165) is 0 Å². The second kappa shape index (κ2) is 6.60. The van der Waals surface area contributed by atoms with E-state index in [4.69, 9.17) is 0 Å². The molecule has 0 aliphatic heterocycles. The van der Waals surface area contributed by atoms with Crippen molar-refractivity contribution in [1.29, 1.82) is 0 Å². The molecule has 0 aliphatic carbocycles. The van der Waals surface area contributed by atoms with Gasteiger partial charge in [0.15, 0.2) is 0 Å². The second-order valence-corrected chi connectivity index (χ2v) is 9.74. The van der Waals surface area contributed by atoms with Crippen LogP contribution in [0.2, 0.25) is 0 Å². The van der Waals surface area contributed by atoms with E-state index in [1.54, 1.807) is 9.70 Å². The number of aryl methyl sites for hydroxylation is 1. The molecule has 3 rings (SSSR count). The van der Waals surface area contributed by atoms with Gasteiger partial charge in [0, 0.05) is 0 Å². The molecule has 0 atom stereocenters. The summed E-state index contributed by atoms with van der Waals surface area (Å²) in [5, 5.41) is 4.42. The van der Waals surface area contributed by atoms with Gasteiger partial charge >= 0.3 is 136 Å². The first-order chi connectivity index (χ1) is 10.3. The minimum absolute atomic E-state index is 0.436. The standard InChI is InChI=1S/C19H19GeP/c1-15-12-13-18(20)19(14-15)21(16-8-4-2-5-9-16)17-10-6-3-7-11-17/h2-14H,1,20H3. The van der Waals surface area contributed by atoms with Crippen LogP contribution in [-0.2, 0) is 0 Å². The second-order valence-electron chi connectivity index (χ2n) is 5.30. The van der Waals surface area contributed by atoms with Crippen molar-refractivity contribution in [2.75, 3.05) is 0 Å². The quantitative estimate of drug-likeness (QED) is 0.498. The van der Waals surface area contributed by atoms with Gasteiger partial charge in [0.1, 0.15) is 0 Å². The SMILES string of the molecule is Cc1cc[c]([GeH3])c(P(c2ccccc2)c2ccccc2)c1. The molecule has 104 valence electrons. The Bertz CT molecular complexity index is 684. The Kier molecular flexibility index (Phi) is 4.58. The van der Waals surface area contributed by atoms with Crippen LogP contribution < -0.4 is 20.3 Å². The van der Waals surface area contributed by atoms with Crippen LogP contribution in [0.5, 0.6) is 0 Å². The summed E-state index contributed by atoms with van der Waals surface area (Å²) in [6.45, 7) is 2.19. The Hall–Kier alpha value is -1.37. The summed E-state index contributed by atoms with van der Waals surface area (Å²) in [6.07, 6.45) is 0. The average Bonchev–Trinajstić information content (AvgIpc) is 2.53. The molecule has 0 N–H and O–H groups in total. The van der Waals surface area contributed by atoms with Gasteiger partial charge in [0.2, 0.25) is 0 Å². The van der Waals surface area contributed by atoms with Gasteiger partial charge in [-0.15, -0.1) is 0 Å². The summed E-state index contributed by atoms with van der Waals surface area (Å²) in [6, 6.07) is 28.9. The fourth-order valence-electron chi connectivity index (χ4n) is 2.54. The van der Waals surface area contributed by atoms with Gasteiger partial charge in [0.05, 0.1) is 0 Å². The fraction of sp³-hybridized carbons (Fsp3) is 0.0526. The Balaban J connectivity index is 2.20. The van der Waals surface area contributed by atoms with Gasteiger partial charge in [-0.25, -0.2) is 0 Å². The average molecular weight is 351 g/mol. The molecule has 0 bridgehead atoms. The summed E-state index contributed by atoms with van der Waals surface area (Å²) < 4.78 is 1.56. The topological polar surface area (TPSA) is 0 Å². The molecule has 0 nitrogen and oxygen atoms in total. The number of benzene rings is 3. The van der Waals surface area contributed by atoms with E-state index < -0.39 is 7.92 Å². The van der Waals surface area contributed by atoms with Crippen molar-refractivity contribution in [3.05, 3.63) is 84.4 Å². The van der Waals surface area contributed by atoms with Crippen LogP contribution >= 0.6 is 7.92 Å². The van der Waals surface area contributed by atoms with Gasteiger partial charge in [0.25, 0.3) is 0 Å². The predicted octanol–water partition coefficient (Wildman–Crippen LogP) is 1.74. The molecule has 0 aromatic heterocycles. The molecular weight excluding hydrogens is 332 g/mol. The van der Waals surface area contributed by atoms with E-state index in [0.29, 0.717) is 16.5 Å². The zero-order valence-corrected chi connectivity index (χ0v) is 17.5. The van der Waals surface area contributed by atoms with Gasteiger partial charge in [-0.1, -0.05) is 0 Å². The Morgan fingerprint density at radius 1 is 0.714 bits per heavy atom. The number of hydrogen-bond acceptors (Lipinski definition) is 0. The van der Waals surface area contributed by atoms with Crippen molar-refractivity contribution >= 4 is 44.7 Å². The monoisotopic (exact) mass is 352 g/mol. The van der Waals surface area contributed by atoms with E-state index in [1.807, 2.05) is 0 Å². The van der Waals surface area contributed by atoms with E-state index in [9.17, 15) is 0 Å². The number of rotatable bonds is 3. The van der Waals surface area contributed by atoms with Crippen molar-refractivity contribution < 1.29 is 0 Å². The fourth-order valence-corrected chi connectivity index (χ4v) is 7.16. The first-order valence-electron chi connectivity index (χ1n) is 7.23. The third-order valence-corrected chi connectivity index (χ3v) is 8.94. The summed E-state index contributed by atoms with van der Waals surface area (Å²) >= 11 is 0.695. The van der Waals surface area contributed by atoms with E-state index in [2.05, 4.69) is 85.8 Å². The van der Waals surface area contributed by atoms with Gasteiger partial charge in [-0.3, -0.25) is 0 Å². The Morgan fingerprint density at radius 3 is 1.76 bits per heavy atom. The molecule has 3 aromatic carbocycles. The summed E-state index contributed by atoms with van der Waals surface area (Å²) in [4.78, 5) is 0. The normalized spacial score (nSPS) is 11.0. The molecule has 0 spiro atoms. The van der Waals surface area contributed by atoms with E-state index in [-0.39, 0.29) is 0 Å². The van der Waals surface area contributed by atoms with Crippen LogP contribution in [0.3, 0.4) is 0 Å². The van der Waals surface area contributed by atoms with Crippen LogP contribution in [0.4, 0.5) is 0 Å². The molecule has 0 amide bonds. The van der Waals surface area contributed by atoms with Crippen LogP contribution in [0.25, 0.3) is 0 Å². The van der Waals surface area contributed by atoms with E-state index in [1.165, 1.54) is 16.2 Å². The van der Waals surface area contributed by atoms with Crippen molar-refractivity contribution in [1.82, 2.24) is 0 Å².